The molecule has 1 atom stereocenters. The second-order valence-electron chi connectivity index (χ2n) is 8.44. The topological polar surface area (TPSA) is 101 Å². The van der Waals surface area contributed by atoms with Crippen LogP contribution in [-0.4, -0.2) is 60.3 Å². The van der Waals surface area contributed by atoms with Crippen molar-refractivity contribution in [3.05, 3.63) is 67.3 Å². The zero-order valence-electron chi connectivity index (χ0n) is 22.8. The van der Waals surface area contributed by atoms with Gasteiger partial charge in [-0.25, -0.2) is 14.6 Å². The number of nitrogens with zero attached hydrogens (tertiary/aromatic N) is 2. The van der Waals surface area contributed by atoms with Gasteiger partial charge in [0, 0.05) is 43.1 Å². The molecule has 2 amide bonds. The van der Waals surface area contributed by atoms with Gasteiger partial charge >= 0.3 is 12.0 Å². The zero-order valence-corrected chi connectivity index (χ0v) is 22.8. The minimum Gasteiger partial charge on any atom is -0.497 e. The van der Waals surface area contributed by atoms with Crippen molar-refractivity contribution in [2.45, 2.75) is 45.6 Å². The van der Waals surface area contributed by atoms with E-state index in [1.54, 1.807) is 14.2 Å². The summed E-state index contributed by atoms with van der Waals surface area (Å²) in [7, 11) is 3.25. The lowest BCUT2D eigenvalue weighted by Crippen LogP contribution is -2.47. The van der Waals surface area contributed by atoms with Crippen molar-refractivity contribution < 1.29 is 24.2 Å². The van der Waals surface area contributed by atoms with Crippen LogP contribution in [0.4, 0.5) is 4.79 Å². The van der Waals surface area contributed by atoms with Gasteiger partial charge in [-0.3, -0.25) is 0 Å². The molecule has 2 aromatic carbocycles. The first-order valence-electron chi connectivity index (χ1n) is 12.9. The SMILES string of the molecule is C=CCCCCN(C)C(=O)NC(CCOc1cc(-c2ccccc2)nc2cc(OC)ccc12)C(=O)O.CC. The van der Waals surface area contributed by atoms with E-state index in [0.29, 0.717) is 23.6 Å². The predicted octanol–water partition coefficient (Wildman–Crippen LogP) is 6.16. The molecule has 1 unspecified atom stereocenters. The molecule has 204 valence electrons. The van der Waals surface area contributed by atoms with Crippen molar-refractivity contribution in [3.8, 4) is 22.8 Å². The summed E-state index contributed by atoms with van der Waals surface area (Å²) in [4.78, 5) is 30.5. The number of unbranched alkanes of at least 4 members (excludes halogenated alkanes) is 2. The number of hydrogen-bond donors (Lipinski definition) is 2. The van der Waals surface area contributed by atoms with Crippen LogP contribution in [0.25, 0.3) is 22.2 Å². The van der Waals surface area contributed by atoms with Crippen LogP contribution < -0.4 is 14.8 Å². The Kier molecular flexibility index (Phi) is 12.6. The third-order valence-electron chi connectivity index (χ3n) is 5.81. The van der Waals surface area contributed by atoms with Crippen molar-refractivity contribution in [2.75, 3.05) is 27.3 Å². The summed E-state index contributed by atoms with van der Waals surface area (Å²) in [6, 6.07) is 15.6. The smallest absolute Gasteiger partial charge is 0.326 e. The summed E-state index contributed by atoms with van der Waals surface area (Å²) in [6.07, 6.45) is 4.57. The number of aliphatic carboxylic acids is 1. The normalized spacial score (nSPS) is 11.1. The minimum absolute atomic E-state index is 0.0969. The maximum atomic E-state index is 12.5. The van der Waals surface area contributed by atoms with Crippen LogP contribution in [-0.2, 0) is 4.79 Å². The summed E-state index contributed by atoms with van der Waals surface area (Å²) >= 11 is 0. The first-order chi connectivity index (χ1) is 18.4. The van der Waals surface area contributed by atoms with Gasteiger partial charge in [-0.15, -0.1) is 6.58 Å². The van der Waals surface area contributed by atoms with Crippen molar-refractivity contribution in [1.29, 1.82) is 0 Å². The zero-order chi connectivity index (χ0) is 27.9. The van der Waals surface area contributed by atoms with E-state index in [0.717, 1.165) is 35.9 Å². The minimum atomic E-state index is -1.11. The molecule has 0 radical (unpaired) electrons. The van der Waals surface area contributed by atoms with Gasteiger partial charge in [-0.05, 0) is 31.4 Å². The Hall–Kier alpha value is -4.07. The number of amides is 2. The van der Waals surface area contributed by atoms with E-state index in [9.17, 15) is 14.7 Å². The van der Waals surface area contributed by atoms with Crippen LogP contribution in [0.3, 0.4) is 0 Å². The van der Waals surface area contributed by atoms with E-state index >= 15 is 0 Å². The van der Waals surface area contributed by atoms with E-state index in [4.69, 9.17) is 14.5 Å². The van der Waals surface area contributed by atoms with E-state index < -0.39 is 18.0 Å². The molecule has 3 aromatic rings. The molecule has 8 heteroatoms. The standard InChI is InChI=1S/C28H33N3O5.C2H6/c1-4-5-6-10-16-31(2)28(34)30-23(27(32)33)15-17-36-26-19-24(20-11-8-7-9-12-20)29-25-18-21(35-3)13-14-22(25)26;1-2/h4,7-9,11-14,18-19,23H,1,5-6,10,15-17H2,2-3H3,(H,30,34)(H,32,33);1-2H3. The fourth-order valence-electron chi connectivity index (χ4n) is 3.72. The van der Waals surface area contributed by atoms with Crippen molar-refractivity contribution in [3.63, 3.8) is 0 Å². The molecule has 0 saturated heterocycles. The number of carboxylic acid groups (broad SMARTS) is 1. The number of rotatable bonds is 13. The molecule has 2 N–H and O–H groups in total. The van der Waals surface area contributed by atoms with Crippen LogP contribution in [0.2, 0.25) is 0 Å². The van der Waals surface area contributed by atoms with Gasteiger partial charge in [0.1, 0.15) is 17.5 Å². The molecule has 8 nitrogen and oxygen atoms in total. The quantitative estimate of drug-likeness (QED) is 0.206. The molecule has 0 spiro atoms. The predicted molar refractivity (Wildman–Crippen MR) is 152 cm³/mol. The average Bonchev–Trinajstić information content (AvgIpc) is 2.95. The van der Waals surface area contributed by atoms with Crippen LogP contribution in [0.5, 0.6) is 11.5 Å². The number of fused-ring (bicyclic) bond motifs is 1. The summed E-state index contributed by atoms with van der Waals surface area (Å²) in [5, 5.41) is 13.0. The molecular weight excluding hydrogens is 482 g/mol. The number of aromatic nitrogens is 1. The number of carbonyl (C=O) groups is 2. The van der Waals surface area contributed by atoms with E-state index in [-0.39, 0.29) is 13.0 Å². The summed E-state index contributed by atoms with van der Waals surface area (Å²) in [5.74, 6) is 0.144. The van der Waals surface area contributed by atoms with Gasteiger partial charge < -0.3 is 24.8 Å². The highest BCUT2D eigenvalue weighted by atomic mass is 16.5. The molecule has 0 fully saturated rings. The Morgan fingerprint density at radius 2 is 1.87 bits per heavy atom. The fraction of sp³-hybridized carbons (Fsp3) is 0.367. The average molecular weight is 522 g/mol. The second-order valence-corrected chi connectivity index (χ2v) is 8.44. The number of allylic oxidation sites excluding steroid dienone is 1. The lowest BCUT2D eigenvalue weighted by molar-refractivity contribution is -0.139. The summed E-state index contributed by atoms with van der Waals surface area (Å²) in [5.41, 5.74) is 2.36. The second kappa shape index (κ2) is 15.9. The lowest BCUT2D eigenvalue weighted by Gasteiger charge is -2.21. The van der Waals surface area contributed by atoms with Gasteiger partial charge in [0.2, 0.25) is 0 Å². The number of benzene rings is 2. The van der Waals surface area contributed by atoms with Crippen molar-refractivity contribution >= 4 is 22.9 Å². The molecule has 38 heavy (non-hydrogen) atoms. The molecule has 0 bridgehead atoms. The Labute approximate surface area is 225 Å². The van der Waals surface area contributed by atoms with Crippen molar-refractivity contribution in [2.24, 2.45) is 0 Å². The highest BCUT2D eigenvalue weighted by molar-refractivity contribution is 5.89. The first-order valence-corrected chi connectivity index (χ1v) is 12.9. The van der Waals surface area contributed by atoms with Gasteiger partial charge in [-0.1, -0.05) is 50.3 Å². The number of carboxylic acids is 1. The fourth-order valence-corrected chi connectivity index (χ4v) is 3.72. The molecule has 0 aliphatic rings. The van der Waals surface area contributed by atoms with Crippen LogP contribution in [0.1, 0.15) is 39.5 Å². The number of pyridine rings is 1. The number of ether oxygens (including phenoxy) is 2. The van der Waals surface area contributed by atoms with Gasteiger partial charge in [0.05, 0.1) is 24.9 Å². The number of carbonyl (C=O) groups excluding carboxylic acids is 1. The van der Waals surface area contributed by atoms with Crippen molar-refractivity contribution in [1.82, 2.24) is 15.2 Å². The molecular formula is C30H39N3O5. The molecule has 1 heterocycles. The maximum absolute atomic E-state index is 12.5. The maximum Gasteiger partial charge on any atom is 0.326 e. The third-order valence-corrected chi connectivity index (χ3v) is 5.81. The van der Waals surface area contributed by atoms with Gasteiger partial charge in [-0.2, -0.15) is 0 Å². The molecule has 1 aromatic heterocycles. The van der Waals surface area contributed by atoms with E-state index in [1.807, 2.05) is 74.5 Å². The molecule has 0 aliphatic carbocycles. The first kappa shape index (κ1) is 30.2. The molecule has 0 saturated carbocycles. The van der Waals surface area contributed by atoms with Gasteiger partial charge in [0.25, 0.3) is 0 Å². The Morgan fingerprint density at radius 3 is 2.53 bits per heavy atom. The Morgan fingerprint density at radius 1 is 1.13 bits per heavy atom. The highest BCUT2D eigenvalue weighted by Crippen LogP contribution is 2.32. The van der Waals surface area contributed by atoms with Crippen LogP contribution in [0.15, 0.2) is 67.3 Å². The number of nitrogens with one attached hydrogen (secondary N) is 1. The summed E-state index contributed by atoms with van der Waals surface area (Å²) in [6.45, 7) is 8.32. The lowest BCUT2D eigenvalue weighted by atomic mass is 10.1. The summed E-state index contributed by atoms with van der Waals surface area (Å²) < 4.78 is 11.4. The van der Waals surface area contributed by atoms with Crippen LogP contribution in [0, 0.1) is 0 Å². The molecule has 3 rings (SSSR count). The largest absolute Gasteiger partial charge is 0.497 e. The van der Waals surface area contributed by atoms with E-state index in [1.165, 1.54) is 4.90 Å². The Bertz CT molecular complexity index is 1180. The molecule has 0 aliphatic heterocycles. The van der Waals surface area contributed by atoms with Gasteiger partial charge in [0.15, 0.2) is 0 Å². The highest BCUT2D eigenvalue weighted by Gasteiger charge is 2.22. The number of methoxy groups -OCH3 is 1. The Balaban J connectivity index is 0.00000247. The van der Waals surface area contributed by atoms with E-state index in [2.05, 4.69) is 11.9 Å². The monoisotopic (exact) mass is 521 g/mol. The third kappa shape index (κ3) is 8.80. The number of hydrogen-bond acceptors (Lipinski definition) is 5. The number of urea groups is 1. The van der Waals surface area contributed by atoms with Crippen LogP contribution >= 0.6 is 0 Å².